The molecule has 0 spiro atoms. The Labute approximate surface area is 72.5 Å². The third-order valence-corrected chi connectivity index (χ3v) is 2.13. The summed E-state index contributed by atoms with van der Waals surface area (Å²) in [5.74, 6) is 0.524. The molecule has 2 N–H and O–H groups in total. The summed E-state index contributed by atoms with van der Waals surface area (Å²) in [4.78, 5) is 0. The van der Waals surface area contributed by atoms with Gasteiger partial charge in [-0.25, -0.2) is 0 Å². The fourth-order valence-electron chi connectivity index (χ4n) is 1.08. The maximum Gasteiger partial charge on any atom is 0.151 e. The van der Waals surface area contributed by atoms with Crippen molar-refractivity contribution < 1.29 is 0 Å². The van der Waals surface area contributed by atoms with E-state index in [0.717, 1.165) is 10.1 Å². The van der Waals surface area contributed by atoms with Crippen LogP contribution in [0.4, 0.5) is 0 Å². The molecule has 3 nitrogen and oxygen atoms in total. The molecular formula is C7H6BrN3. The molecule has 2 rings (SSSR count). The lowest BCUT2D eigenvalue weighted by Crippen LogP contribution is -2.06. The summed E-state index contributed by atoms with van der Waals surface area (Å²) >= 11 is 3.35. The first-order valence-electron chi connectivity index (χ1n) is 3.23. The summed E-state index contributed by atoms with van der Waals surface area (Å²) in [7, 11) is 0. The topological polar surface area (TPSA) is 50.7 Å². The fraction of sp³-hybridized carbons (Fsp3) is 0.143. The van der Waals surface area contributed by atoms with Crippen LogP contribution in [0.15, 0.2) is 44.3 Å². The van der Waals surface area contributed by atoms with E-state index in [-0.39, 0.29) is 6.04 Å². The molecule has 0 saturated heterocycles. The third kappa shape index (κ3) is 1.03. The summed E-state index contributed by atoms with van der Waals surface area (Å²) in [5, 5.41) is 7.73. The first kappa shape index (κ1) is 6.79. The molecule has 0 bridgehead atoms. The molecule has 0 unspecified atom stereocenters. The lowest BCUT2D eigenvalue weighted by Gasteiger charge is -2.07. The van der Waals surface area contributed by atoms with Crippen LogP contribution in [0.3, 0.4) is 0 Å². The maximum atomic E-state index is 5.57. The first-order valence-corrected chi connectivity index (χ1v) is 4.02. The lowest BCUT2D eigenvalue weighted by molar-refractivity contribution is 0.943. The van der Waals surface area contributed by atoms with Crippen molar-refractivity contribution >= 4 is 15.9 Å². The van der Waals surface area contributed by atoms with Gasteiger partial charge < -0.3 is 5.73 Å². The van der Waals surface area contributed by atoms with Gasteiger partial charge in [-0.2, -0.15) is 5.11 Å². The Morgan fingerprint density at radius 2 is 2.36 bits per heavy atom. The van der Waals surface area contributed by atoms with Crippen LogP contribution in [0.5, 0.6) is 0 Å². The number of azo groups is 1. The molecule has 0 fully saturated rings. The van der Waals surface area contributed by atoms with Crippen LogP contribution in [-0.4, -0.2) is 6.04 Å². The normalized spacial score (nSPS) is 27.4. The smallest absolute Gasteiger partial charge is 0.151 e. The predicted molar refractivity (Wildman–Crippen MR) is 46.0 cm³/mol. The number of rotatable bonds is 0. The highest BCUT2D eigenvalue weighted by atomic mass is 79.9. The predicted octanol–water partition coefficient (Wildman–Crippen LogP) is 1.84. The van der Waals surface area contributed by atoms with E-state index >= 15 is 0 Å². The highest BCUT2D eigenvalue weighted by Gasteiger charge is 2.20. The van der Waals surface area contributed by atoms with E-state index in [1.165, 1.54) is 0 Å². The van der Waals surface area contributed by atoms with Gasteiger partial charge in [0.15, 0.2) is 5.82 Å². The Bertz CT molecular complexity index is 312. The van der Waals surface area contributed by atoms with Gasteiger partial charge in [-0.3, -0.25) is 0 Å². The van der Waals surface area contributed by atoms with E-state index in [1.807, 2.05) is 18.2 Å². The van der Waals surface area contributed by atoms with Crippen LogP contribution in [0.25, 0.3) is 0 Å². The van der Waals surface area contributed by atoms with Crippen LogP contribution in [0.2, 0.25) is 0 Å². The lowest BCUT2D eigenvalue weighted by atomic mass is 10.0. The zero-order chi connectivity index (χ0) is 7.84. The van der Waals surface area contributed by atoms with Crippen molar-refractivity contribution in [1.29, 1.82) is 0 Å². The Hall–Kier alpha value is -0.900. The Morgan fingerprint density at radius 3 is 3.18 bits per heavy atom. The number of halogens is 1. The molecule has 1 atom stereocenters. The van der Waals surface area contributed by atoms with Gasteiger partial charge in [0.2, 0.25) is 0 Å². The molecule has 1 heterocycles. The molecule has 0 aromatic heterocycles. The highest BCUT2D eigenvalue weighted by molar-refractivity contribution is 9.11. The van der Waals surface area contributed by atoms with Crippen molar-refractivity contribution in [2.75, 3.05) is 0 Å². The van der Waals surface area contributed by atoms with Gasteiger partial charge in [0.05, 0.1) is 0 Å². The number of hydrogen-bond donors (Lipinski definition) is 1. The van der Waals surface area contributed by atoms with Crippen LogP contribution < -0.4 is 5.73 Å². The molecule has 0 aromatic rings. The van der Waals surface area contributed by atoms with E-state index in [9.17, 15) is 0 Å². The van der Waals surface area contributed by atoms with Crippen LogP contribution in [0, 0.1) is 0 Å². The molecule has 11 heavy (non-hydrogen) atoms. The van der Waals surface area contributed by atoms with Gasteiger partial charge in [0, 0.05) is 10.1 Å². The number of hydrogen-bond acceptors (Lipinski definition) is 3. The van der Waals surface area contributed by atoms with Crippen molar-refractivity contribution in [3.8, 4) is 0 Å². The molecule has 0 saturated carbocycles. The van der Waals surface area contributed by atoms with Crippen molar-refractivity contribution in [3.05, 3.63) is 34.1 Å². The van der Waals surface area contributed by atoms with E-state index < -0.39 is 0 Å². The molecule has 1 aliphatic heterocycles. The van der Waals surface area contributed by atoms with E-state index in [1.54, 1.807) is 0 Å². The molecule has 0 amide bonds. The summed E-state index contributed by atoms with van der Waals surface area (Å²) in [6, 6.07) is 0.0521. The first-order chi connectivity index (χ1) is 5.27. The SMILES string of the molecule is NC1=C2C=C(Br)C=C[C@@H]2N=N1. The van der Waals surface area contributed by atoms with E-state index in [4.69, 9.17) is 5.73 Å². The van der Waals surface area contributed by atoms with Gasteiger partial charge >= 0.3 is 0 Å². The molecular weight excluding hydrogens is 206 g/mol. The summed E-state index contributed by atoms with van der Waals surface area (Å²) < 4.78 is 1.01. The third-order valence-electron chi connectivity index (χ3n) is 1.64. The quantitative estimate of drug-likeness (QED) is 0.654. The molecule has 56 valence electrons. The van der Waals surface area contributed by atoms with Crippen LogP contribution in [0.1, 0.15) is 0 Å². The van der Waals surface area contributed by atoms with Gasteiger partial charge in [0.25, 0.3) is 0 Å². The number of fused-ring (bicyclic) bond motifs is 1. The maximum absolute atomic E-state index is 5.57. The number of nitrogens with two attached hydrogens (primary N) is 1. The summed E-state index contributed by atoms with van der Waals surface area (Å²) in [5.41, 5.74) is 6.56. The highest BCUT2D eigenvalue weighted by Crippen LogP contribution is 2.28. The van der Waals surface area contributed by atoms with Gasteiger partial charge in [0.1, 0.15) is 6.04 Å². The Balaban J connectivity index is 2.46. The number of nitrogens with zero attached hydrogens (tertiary/aromatic N) is 2. The van der Waals surface area contributed by atoms with Crippen molar-refractivity contribution in [2.24, 2.45) is 16.0 Å². The molecule has 1 aliphatic carbocycles. The largest absolute Gasteiger partial charge is 0.382 e. The second-order valence-corrected chi connectivity index (χ2v) is 3.30. The summed E-state index contributed by atoms with van der Waals surface area (Å²) in [6.45, 7) is 0. The minimum absolute atomic E-state index is 0.0521. The van der Waals surface area contributed by atoms with Gasteiger partial charge in [-0.05, 0) is 12.2 Å². The molecule has 4 heteroatoms. The molecule has 0 aromatic carbocycles. The van der Waals surface area contributed by atoms with Crippen LogP contribution in [-0.2, 0) is 0 Å². The van der Waals surface area contributed by atoms with Crippen molar-refractivity contribution in [1.82, 2.24) is 0 Å². The second-order valence-electron chi connectivity index (χ2n) is 2.39. The Morgan fingerprint density at radius 1 is 1.55 bits per heavy atom. The molecule has 0 radical (unpaired) electrons. The number of allylic oxidation sites excluding steroid dienone is 2. The zero-order valence-electron chi connectivity index (χ0n) is 5.66. The van der Waals surface area contributed by atoms with E-state index in [0.29, 0.717) is 5.82 Å². The Kier molecular flexibility index (Phi) is 1.42. The van der Waals surface area contributed by atoms with Gasteiger partial charge in [-0.15, -0.1) is 5.11 Å². The average Bonchev–Trinajstić information content (AvgIpc) is 2.33. The fourth-order valence-corrected chi connectivity index (χ4v) is 1.48. The van der Waals surface area contributed by atoms with Crippen molar-refractivity contribution in [2.45, 2.75) is 6.04 Å². The zero-order valence-corrected chi connectivity index (χ0v) is 7.25. The second kappa shape index (κ2) is 2.30. The van der Waals surface area contributed by atoms with Crippen LogP contribution >= 0.6 is 15.9 Å². The average molecular weight is 212 g/mol. The van der Waals surface area contributed by atoms with Crippen molar-refractivity contribution in [3.63, 3.8) is 0 Å². The summed E-state index contributed by atoms with van der Waals surface area (Å²) in [6.07, 6.45) is 5.86. The van der Waals surface area contributed by atoms with Gasteiger partial charge in [-0.1, -0.05) is 22.0 Å². The van der Waals surface area contributed by atoms with E-state index in [2.05, 4.69) is 26.2 Å². The molecule has 2 aliphatic rings. The standard InChI is InChI=1S/C7H6BrN3/c8-4-1-2-6-5(3-4)7(9)11-10-6/h1-3,6H,9H2/t6-/m0/s1. The minimum Gasteiger partial charge on any atom is -0.382 e. The monoisotopic (exact) mass is 211 g/mol. The minimum atomic E-state index is 0.0521.